The number of anilines is 1. The molecule has 2 amide bonds. The number of carbonyl (C=O) groups is 2. The van der Waals surface area contributed by atoms with Gasteiger partial charge in [-0.25, -0.2) is 4.79 Å². The molecule has 1 aromatic carbocycles. The normalized spacial score (nSPS) is 15.4. The van der Waals surface area contributed by atoms with Crippen molar-refractivity contribution in [3.05, 3.63) is 29.8 Å². The summed E-state index contributed by atoms with van der Waals surface area (Å²) in [6.45, 7) is 5.85. The number of hydrogen-bond acceptors (Lipinski definition) is 4. The van der Waals surface area contributed by atoms with E-state index < -0.39 is 11.7 Å². The maximum absolute atomic E-state index is 12.8. The molecule has 0 atom stereocenters. The third-order valence-electron chi connectivity index (χ3n) is 4.28. The van der Waals surface area contributed by atoms with E-state index in [1.165, 1.54) is 12.1 Å². The quantitative estimate of drug-likeness (QED) is 0.821. The van der Waals surface area contributed by atoms with E-state index >= 15 is 0 Å². The van der Waals surface area contributed by atoms with E-state index in [0.29, 0.717) is 39.2 Å². The fraction of sp³-hybridized carbons (Fsp3) is 0.579. The summed E-state index contributed by atoms with van der Waals surface area (Å²) < 4.78 is 43.5. The molecule has 1 N–H and O–H groups in total. The Bertz CT molecular complexity index is 680. The largest absolute Gasteiger partial charge is 0.449 e. The maximum Gasteiger partial charge on any atom is 0.416 e. The Morgan fingerprint density at radius 2 is 1.82 bits per heavy atom. The first-order chi connectivity index (χ1) is 13.2. The van der Waals surface area contributed by atoms with Crippen LogP contribution in [0.25, 0.3) is 0 Å². The predicted octanol–water partition coefficient (Wildman–Crippen LogP) is 3.44. The Morgan fingerprint density at radius 1 is 1.14 bits per heavy atom. The molecule has 1 aliphatic rings. The lowest BCUT2D eigenvalue weighted by Crippen LogP contribution is -2.40. The Hall–Kier alpha value is -2.45. The zero-order valence-corrected chi connectivity index (χ0v) is 16.1. The van der Waals surface area contributed by atoms with Gasteiger partial charge < -0.3 is 19.9 Å². The molecule has 1 heterocycles. The van der Waals surface area contributed by atoms with Crippen LogP contribution in [-0.2, 0) is 15.7 Å². The van der Waals surface area contributed by atoms with Crippen molar-refractivity contribution in [2.24, 2.45) is 5.92 Å². The van der Waals surface area contributed by atoms with E-state index in [1.807, 2.05) is 13.8 Å². The third-order valence-corrected chi connectivity index (χ3v) is 4.28. The number of alkyl halides is 3. The first-order valence-corrected chi connectivity index (χ1v) is 9.27. The molecule has 1 saturated heterocycles. The van der Waals surface area contributed by atoms with Crippen LogP contribution in [-0.4, -0.2) is 61.1 Å². The van der Waals surface area contributed by atoms with Gasteiger partial charge in [0, 0.05) is 31.9 Å². The predicted molar refractivity (Wildman–Crippen MR) is 98.9 cm³/mol. The summed E-state index contributed by atoms with van der Waals surface area (Å²) in [4.78, 5) is 27.6. The highest BCUT2D eigenvalue weighted by molar-refractivity contribution is 5.81. The lowest BCUT2D eigenvalue weighted by molar-refractivity contribution is -0.137. The number of rotatable bonds is 5. The number of benzene rings is 1. The van der Waals surface area contributed by atoms with Gasteiger partial charge in [0.1, 0.15) is 0 Å². The number of nitrogens with zero attached hydrogens (tertiary/aromatic N) is 2. The minimum atomic E-state index is -4.43. The van der Waals surface area contributed by atoms with Crippen molar-refractivity contribution >= 4 is 17.7 Å². The highest BCUT2D eigenvalue weighted by atomic mass is 19.4. The van der Waals surface area contributed by atoms with E-state index in [0.717, 1.165) is 12.1 Å². The molecule has 1 fully saturated rings. The lowest BCUT2D eigenvalue weighted by Gasteiger charge is -2.22. The van der Waals surface area contributed by atoms with Gasteiger partial charge in [0.15, 0.2) is 0 Å². The fourth-order valence-corrected chi connectivity index (χ4v) is 2.77. The van der Waals surface area contributed by atoms with Crippen molar-refractivity contribution in [1.29, 1.82) is 0 Å². The van der Waals surface area contributed by atoms with E-state index in [4.69, 9.17) is 4.74 Å². The van der Waals surface area contributed by atoms with E-state index in [-0.39, 0.29) is 30.2 Å². The zero-order valence-electron chi connectivity index (χ0n) is 16.1. The molecule has 0 spiro atoms. The van der Waals surface area contributed by atoms with Gasteiger partial charge in [-0.3, -0.25) is 4.79 Å². The van der Waals surface area contributed by atoms with Crippen LogP contribution in [0, 0.1) is 5.92 Å². The van der Waals surface area contributed by atoms with Gasteiger partial charge in [0.25, 0.3) is 0 Å². The van der Waals surface area contributed by atoms with Crippen LogP contribution in [0.4, 0.5) is 23.7 Å². The van der Waals surface area contributed by atoms with E-state index in [1.54, 1.807) is 9.80 Å². The first kappa shape index (κ1) is 21.8. The maximum atomic E-state index is 12.8. The molecular formula is C19H26F3N3O3. The van der Waals surface area contributed by atoms with Gasteiger partial charge in [-0.1, -0.05) is 19.9 Å². The highest BCUT2D eigenvalue weighted by Gasteiger charge is 2.30. The van der Waals surface area contributed by atoms with Crippen molar-refractivity contribution < 1.29 is 27.5 Å². The van der Waals surface area contributed by atoms with Crippen LogP contribution in [0.15, 0.2) is 24.3 Å². The van der Waals surface area contributed by atoms with Crippen LogP contribution in [0.1, 0.15) is 25.8 Å². The van der Waals surface area contributed by atoms with Crippen molar-refractivity contribution in [3.8, 4) is 0 Å². The minimum Gasteiger partial charge on any atom is -0.449 e. The number of nitrogens with one attached hydrogen (secondary N) is 1. The van der Waals surface area contributed by atoms with Gasteiger partial charge in [0.05, 0.1) is 18.7 Å². The number of carbonyl (C=O) groups excluding carboxylic acids is 2. The fourth-order valence-electron chi connectivity index (χ4n) is 2.77. The van der Waals surface area contributed by atoms with Crippen LogP contribution in [0.2, 0.25) is 0 Å². The molecule has 1 aromatic rings. The second kappa shape index (κ2) is 9.66. The second-order valence-electron chi connectivity index (χ2n) is 7.12. The molecule has 0 aromatic heterocycles. The molecule has 0 bridgehead atoms. The third kappa shape index (κ3) is 6.61. The number of halogens is 3. The molecule has 28 heavy (non-hydrogen) atoms. The molecule has 1 aliphatic heterocycles. The monoisotopic (exact) mass is 401 g/mol. The average Bonchev–Trinajstić information content (AvgIpc) is 2.90. The Kier molecular flexibility index (Phi) is 7.53. The Labute approximate surface area is 162 Å². The molecule has 0 aliphatic carbocycles. The summed E-state index contributed by atoms with van der Waals surface area (Å²) in [5.41, 5.74) is -0.535. The van der Waals surface area contributed by atoms with Crippen LogP contribution in [0.5, 0.6) is 0 Å². The molecule has 0 unspecified atom stereocenters. The smallest absolute Gasteiger partial charge is 0.416 e. The van der Waals surface area contributed by atoms with E-state index in [2.05, 4.69) is 5.32 Å². The molecule has 0 saturated carbocycles. The van der Waals surface area contributed by atoms with Crippen LogP contribution in [0.3, 0.4) is 0 Å². The van der Waals surface area contributed by atoms with Gasteiger partial charge >= 0.3 is 12.3 Å². The molecule has 9 heteroatoms. The topological polar surface area (TPSA) is 61.9 Å². The summed E-state index contributed by atoms with van der Waals surface area (Å²) in [5, 5.41) is 2.74. The summed E-state index contributed by atoms with van der Waals surface area (Å²) in [6, 6.07) is 4.73. The molecular weight excluding hydrogens is 375 g/mol. The van der Waals surface area contributed by atoms with Crippen molar-refractivity contribution in [3.63, 3.8) is 0 Å². The minimum absolute atomic E-state index is 0.112. The summed E-state index contributed by atoms with van der Waals surface area (Å²) in [6.07, 6.45) is -4.20. The standard InChI is InChI=1S/C19H26F3N3O3/c1-14(2)13-28-18(27)25-8-4-7-24(9-10-25)17(26)12-23-16-6-3-5-15(11-16)19(20,21)22/h3,5-6,11,14,23H,4,7-10,12-13H2,1-2H3. The Morgan fingerprint density at radius 3 is 2.50 bits per heavy atom. The second-order valence-corrected chi connectivity index (χ2v) is 7.12. The number of hydrogen-bond donors (Lipinski definition) is 1. The lowest BCUT2D eigenvalue weighted by atomic mass is 10.2. The molecule has 0 radical (unpaired) electrons. The summed E-state index contributed by atoms with van der Waals surface area (Å²) in [7, 11) is 0. The van der Waals surface area contributed by atoms with Gasteiger partial charge in [-0.2, -0.15) is 13.2 Å². The van der Waals surface area contributed by atoms with Gasteiger partial charge in [-0.15, -0.1) is 0 Å². The molecule has 156 valence electrons. The number of amides is 2. The first-order valence-electron chi connectivity index (χ1n) is 9.27. The molecule has 6 nitrogen and oxygen atoms in total. The van der Waals surface area contributed by atoms with Gasteiger partial charge in [-0.05, 0) is 30.5 Å². The SMILES string of the molecule is CC(C)COC(=O)N1CCCN(C(=O)CNc2cccc(C(F)(F)F)c2)CC1. The average molecular weight is 401 g/mol. The van der Waals surface area contributed by atoms with Crippen molar-refractivity contribution in [1.82, 2.24) is 9.80 Å². The summed E-state index contributed by atoms with van der Waals surface area (Å²) in [5.74, 6) is 0.0192. The number of ether oxygens (including phenoxy) is 1. The van der Waals surface area contributed by atoms with Crippen LogP contribution >= 0.6 is 0 Å². The highest BCUT2D eigenvalue weighted by Crippen LogP contribution is 2.30. The van der Waals surface area contributed by atoms with Crippen molar-refractivity contribution in [2.75, 3.05) is 44.6 Å². The summed E-state index contributed by atoms with van der Waals surface area (Å²) >= 11 is 0. The van der Waals surface area contributed by atoms with Gasteiger partial charge in [0.2, 0.25) is 5.91 Å². The molecule has 2 rings (SSSR count). The zero-order chi connectivity index (χ0) is 20.7. The van der Waals surface area contributed by atoms with Crippen molar-refractivity contribution in [2.45, 2.75) is 26.4 Å². The Balaban J connectivity index is 1.84. The van der Waals surface area contributed by atoms with E-state index in [9.17, 15) is 22.8 Å². The van der Waals surface area contributed by atoms with Crippen LogP contribution < -0.4 is 5.32 Å².